The van der Waals surface area contributed by atoms with Crippen LogP contribution < -0.4 is 5.32 Å². The molecule has 6 nitrogen and oxygen atoms in total. The molecule has 2 N–H and O–H groups in total. The zero-order chi connectivity index (χ0) is 8.97. The van der Waals surface area contributed by atoms with Crippen LogP contribution in [0.2, 0.25) is 0 Å². The van der Waals surface area contributed by atoms with Gasteiger partial charge in [0.1, 0.15) is 6.04 Å². The van der Waals surface area contributed by atoms with Crippen molar-refractivity contribution < 1.29 is 14.4 Å². The van der Waals surface area contributed by atoms with Gasteiger partial charge in [-0.05, 0) is 6.92 Å². The summed E-state index contributed by atoms with van der Waals surface area (Å²) in [6.07, 6.45) is 1.20. The Balaban J connectivity index is 2.31. The lowest BCUT2D eigenvalue weighted by Crippen LogP contribution is -2.33. The molecule has 12 heavy (non-hydrogen) atoms. The van der Waals surface area contributed by atoms with Gasteiger partial charge in [0.05, 0.1) is 6.54 Å². The van der Waals surface area contributed by atoms with Crippen LogP contribution >= 0.6 is 0 Å². The van der Waals surface area contributed by atoms with E-state index >= 15 is 0 Å². The molecule has 0 amide bonds. The molecular formula is C6H9N3O3. The molecule has 1 rings (SSSR count). The molecule has 0 bridgehead atoms. The molecule has 1 unspecified atom stereocenters. The van der Waals surface area contributed by atoms with Crippen molar-refractivity contribution in [1.82, 2.24) is 15.5 Å². The van der Waals surface area contributed by atoms with E-state index in [-0.39, 0.29) is 0 Å². The van der Waals surface area contributed by atoms with Crippen LogP contribution in [0.3, 0.4) is 0 Å². The average molecular weight is 171 g/mol. The van der Waals surface area contributed by atoms with Crippen LogP contribution in [-0.2, 0) is 11.3 Å². The Morgan fingerprint density at radius 2 is 2.67 bits per heavy atom. The fraction of sp³-hybridized carbons (Fsp3) is 0.500. The molecule has 6 heteroatoms. The fourth-order valence-electron chi connectivity index (χ4n) is 0.602. The molecule has 66 valence electrons. The molecule has 0 fully saturated rings. The smallest absolute Gasteiger partial charge is 0.320 e. The van der Waals surface area contributed by atoms with E-state index in [0.717, 1.165) is 0 Å². The van der Waals surface area contributed by atoms with Gasteiger partial charge in [0, 0.05) is 0 Å². The Bertz CT molecular complexity index is 247. The van der Waals surface area contributed by atoms with Crippen molar-refractivity contribution in [3.05, 3.63) is 12.2 Å². The Morgan fingerprint density at radius 3 is 3.17 bits per heavy atom. The highest BCUT2D eigenvalue weighted by molar-refractivity contribution is 5.72. The number of rotatable bonds is 4. The standard InChI is InChI=1S/C6H9N3O3/c1-4(6(10)11)7-2-5-8-3-12-9-5/h3-4,7H,2H2,1H3,(H,10,11). The van der Waals surface area contributed by atoms with E-state index in [9.17, 15) is 4.79 Å². The normalized spacial score (nSPS) is 12.8. The number of hydrogen-bond donors (Lipinski definition) is 2. The summed E-state index contributed by atoms with van der Waals surface area (Å²) in [5.41, 5.74) is 0. The van der Waals surface area contributed by atoms with Gasteiger partial charge in [-0.3, -0.25) is 10.1 Å². The number of nitrogens with one attached hydrogen (secondary N) is 1. The maximum Gasteiger partial charge on any atom is 0.320 e. The third-order valence-electron chi connectivity index (χ3n) is 1.34. The van der Waals surface area contributed by atoms with Crippen molar-refractivity contribution in [3.63, 3.8) is 0 Å². The molecule has 0 saturated heterocycles. The van der Waals surface area contributed by atoms with Crippen molar-refractivity contribution >= 4 is 5.97 Å². The summed E-state index contributed by atoms with van der Waals surface area (Å²) in [4.78, 5) is 14.0. The van der Waals surface area contributed by atoms with Crippen LogP contribution in [0.1, 0.15) is 12.7 Å². The number of aliphatic carboxylic acids is 1. The SMILES string of the molecule is CC(NCc1ncon1)C(=O)O. The predicted octanol–water partition coefficient (Wildman–Crippen LogP) is -0.368. The van der Waals surface area contributed by atoms with Crippen molar-refractivity contribution in [2.45, 2.75) is 19.5 Å². The summed E-state index contributed by atoms with van der Waals surface area (Å²) in [5, 5.41) is 14.7. The van der Waals surface area contributed by atoms with E-state index in [4.69, 9.17) is 5.11 Å². The van der Waals surface area contributed by atoms with E-state index < -0.39 is 12.0 Å². The Morgan fingerprint density at radius 1 is 1.92 bits per heavy atom. The summed E-state index contributed by atoms with van der Waals surface area (Å²) in [5.74, 6) is -0.457. The molecule has 0 radical (unpaired) electrons. The van der Waals surface area contributed by atoms with Crippen molar-refractivity contribution in [3.8, 4) is 0 Å². The monoisotopic (exact) mass is 171 g/mol. The van der Waals surface area contributed by atoms with E-state index in [1.165, 1.54) is 6.39 Å². The number of carboxylic acids is 1. The van der Waals surface area contributed by atoms with E-state index in [1.54, 1.807) is 6.92 Å². The number of nitrogens with zero attached hydrogens (tertiary/aromatic N) is 2. The second kappa shape index (κ2) is 3.82. The molecule has 1 aromatic rings. The molecular weight excluding hydrogens is 162 g/mol. The van der Waals surface area contributed by atoms with Gasteiger partial charge >= 0.3 is 5.97 Å². The first-order valence-electron chi connectivity index (χ1n) is 3.41. The molecule has 1 aromatic heterocycles. The highest BCUT2D eigenvalue weighted by Crippen LogP contribution is 1.89. The summed E-state index contributed by atoms with van der Waals surface area (Å²) < 4.78 is 4.46. The molecule has 0 aliphatic rings. The van der Waals surface area contributed by atoms with Crippen LogP contribution in [-0.4, -0.2) is 27.3 Å². The minimum atomic E-state index is -0.904. The second-order valence-electron chi connectivity index (χ2n) is 2.29. The zero-order valence-electron chi connectivity index (χ0n) is 6.52. The fourth-order valence-corrected chi connectivity index (χ4v) is 0.602. The lowest BCUT2D eigenvalue weighted by Gasteiger charge is -2.05. The van der Waals surface area contributed by atoms with Crippen LogP contribution in [0.25, 0.3) is 0 Å². The molecule has 0 saturated carbocycles. The quantitative estimate of drug-likeness (QED) is 0.642. The lowest BCUT2D eigenvalue weighted by molar-refractivity contribution is -0.139. The lowest BCUT2D eigenvalue weighted by atomic mass is 10.3. The predicted molar refractivity (Wildman–Crippen MR) is 38.2 cm³/mol. The molecule has 0 aliphatic heterocycles. The van der Waals surface area contributed by atoms with E-state index in [2.05, 4.69) is 20.0 Å². The first kappa shape index (κ1) is 8.66. The topological polar surface area (TPSA) is 88.3 Å². The second-order valence-corrected chi connectivity index (χ2v) is 2.29. The molecule has 1 atom stereocenters. The van der Waals surface area contributed by atoms with E-state index in [1.807, 2.05) is 0 Å². The average Bonchev–Trinajstić information content (AvgIpc) is 2.51. The molecule has 0 aliphatic carbocycles. The van der Waals surface area contributed by atoms with Gasteiger partial charge in [0.2, 0.25) is 6.39 Å². The Hall–Kier alpha value is -1.43. The Labute approximate surface area is 68.6 Å². The van der Waals surface area contributed by atoms with E-state index in [0.29, 0.717) is 12.4 Å². The summed E-state index contributed by atoms with van der Waals surface area (Å²) in [7, 11) is 0. The number of carbonyl (C=O) groups is 1. The highest BCUT2D eigenvalue weighted by Gasteiger charge is 2.10. The van der Waals surface area contributed by atoms with Gasteiger partial charge < -0.3 is 9.63 Å². The van der Waals surface area contributed by atoms with Gasteiger partial charge in [-0.1, -0.05) is 5.16 Å². The van der Waals surface area contributed by atoms with Crippen LogP contribution in [0.15, 0.2) is 10.9 Å². The highest BCUT2D eigenvalue weighted by atomic mass is 16.5. The number of carboxylic acid groups (broad SMARTS) is 1. The van der Waals surface area contributed by atoms with Crippen LogP contribution in [0, 0.1) is 0 Å². The molecule has 1 heterocycles. The summed E-state index contributed by atoms with van der Waals surface area (Å²) in [6.45, 7) is 1.84. The first-order valence-corrected chi connectivity index (χ1v) is 3.41. The Kier molecular flexibility index (Phi) is 2.76. The summed E-state index contributed by atoms with van der Waals surface area (Å²) in [6, 6.07) is -0.608. The van der Waals surface area contributed by atoms with Gasteiger partial charge in [0.25, 0.3) is 0 Å². The minimum Gasteiger partial charge on any atom is -0.480 e. The van der Waals surface area contributed by atoms with Gasteiger partial charge in [-0.25, -0.2) is 0 Å². The zero-order valence-corrected chi connectivity index (χ0v) is 6.52. The van der Waals surface area contributed by atoms with Crippen molar-refractivity contribution in [2.75, 3.05) is 0 Å². The molecule has 0 spiro atoms. The largest absolute Gasteiger partial charge is 0.480 e. The van der Waals surface area contributed by atoms with Crippen molar-refractivity contribution in [1.29, 1.82) is 0 Å². The van der Waals surface area contributed by atoms with Gasteiger partial charge in [0.15, 0.2) is 5.82 Å². The minimum absolute atomic E-state index is 0.296. The van der Waals surface area contributed by atoms with Crippen LogP contribution in [0.4, 0.5) is 0 Å². The molecule has 0 aromatic carbocycles. The maximum absolute atomic E-state index is 10.3. The van der Waals surface area contributed by atoms with Gasteiger partial charge in [-0.15, -0.1) is 0 Å². The van der Waals surface area contributed by atoms with Crippen molar-refractivity contribution in [2.24, 2.45) is 0 Å². The number of hydrogen-bond acceptors (Lipinski definition) is 5. The van der Waals surface area contributed by atoms with Crippen LogP contribution in [0.5, 0.6) is 0 Å². The van der Waals surface area contributed by atoms with Gasteiger partial charge in [-0.2, -0.15) is 4.98 Å². The number of aromatic nitrogens is 2. The summed E-state index contributed by atoms with van der Waals surface area (Å²) >= 11 is 0. The maximum atomic E-state index is 10.3. The third kappa shape index (κ3) is 2.31. The third-order valence-corrected chi connectivity index (χ3v) is 1.34. The first-order chi connectivity index (χ1) is 5.70.